The predicted molar refractivity (Wildman–Crippen MR) is 163 cm³/mol. The molecule has 41 heavy (non-hydrogen) atoms. The summed E-state index contributed by atoms with van der Waals surface area (Å²) in [7, 11) is 0. The van der Waals surface area contributed by atoms with Crippen molar-refractivity contribution in [2.45, 2.75) is 108 Å². The highest BCUT2D eigenvalue weighted by atomic mass is 32.2. The highest BCUT2D eigenvalue weighted by molar-refractivity contribution is 8.01. The van der Waals surface area contributed by atoms with Crippen LogP contribution in [0.1, 0.15) is 101 Å². The van der Waals surface area contributed by atoms with Crippen LogP contribution in [-0.2, 0) is 34.6 Å². The lowest BCUT2D eigenvalue weighted by Gasteiger charge is -2.19. The molecule has 9 heteroatoms. The Labute approximate surface area is 247 Å². The van der Waals surface area contributed by atoms with E-state index in [-0.39, 0.29) is 17.7 Å². The molecule has 3 aromatic rings. The summed E-state index contributed by atoms with van der Waals surface area (Å²) in [6, 6.07) is 14.9. The van der Waals surface area contributed by atoms with E-state index >= 15 is 0 Å². The second kappa shape index (κ2) is 14.0. The Morgan fingerprint density at radius 2 is 1.56 bits per heavy atom. The highest BCUT2D eigenvalue weighted by Gasteiger charge is 2.28. The number of aromatic nitrogens is 3. The number of thioether (sulfide) groups is 1. The van der Waals surface area contributed by atoms with Gasteiger partial charge in [0, 0.05) is 11.4 Å². The van der Waals surface area contributed by atoms with Crippen LogP contribution in [0.2, 0.25) is 0 Å². The smallest absolute Gasteiger partial charge is 0.346 e. The zero-order valence-corrected chi connectivity index (χ0v) is 25.9. The van der Waals surface area contributed by atoms with Crippen LogP contribution >= 0.6 is 11.8 Å². The molecule has 8 nitrogen and oxygen atoms in total. The first-order valence-electron chi connectivity index (χ1n) is 14.3. The summed E-state index contributed by atoms with van der Waals surface area (Å²) in [5, 5.41) is 13.9. The van der Waals surface area contributed by atoms with Crippen molar-refractivity contribution in [2.75, 3.05) is 0 Å². The number of rotatable bonds is 14. The van der Waals surface area contributed by atoms with Gasteiger partial charge in [0.1, 0.15) is 4.75 Å². The predicted octanol–water partition coefficient (Wildman–Crippen LogP) is 6.67. The Bertz CT molecular complexity index is 1370. The van der Waals surface area contributed by atoms with Gasteiger partial charge in [0.2, 0.25) is 0 Å². The summed E-state index contributed by atoms with van der Waals surface area (Å²) in [5.41, 5.74) is 2.36. The summed E-state index contributed by atoms with van der Waals surface area (Å²) in [6.45, 7) is 12.6. The van der Waals surface area contributed by atoms with Crippen molar-refractivity contribution >= 4 is 23.7 Å². The highest BCUT2D eigenvalue weighted by Crippen LogP contribution is 2.32. The van der Waals surface area contributed by atoms with Crippen LogP contribution in [0.3, 0.4) is 0 Å². The van der Waals surface area contributed by atoms with E-state index in [9.17, 15) is 19.5 Å². The first-order valence-corrected chi connectivity index (χ1v) is 15.1. The number of benzene rings is 2. The Balaban J connectivity index is 1.74. The molecule has 0 saturated carbocycles. The van der Waals surface area contributed by atoms with Gasteiger partial charge in [-0.25, -0.2) is 14.3 Å². The summed E-state index contributed by atoms with van der Waals surface area (Å²) >= 11 is 1.20. The van der Waals surface area contributed by atoms with Gasteiger partial charge < -0.3 is 9.84 Å². The zero-order valence-electron chi connectivity index (χ0n) is 25.1. The Kier molecular flexibility index (Phi) is 11.0. The molecule has 0 radical (unpaired) electrons. The van der Waals surface area contributed by atoms with E-state index in [1.807, 2.05) is 12.1 Å². The number of esters is 1. The maximum atomic E-state index is 13.3. The molecule has 0 saturated heterocycles. The summed E-state index contributed by atoms with van der Waals surface area (Å²) < 4.78 is 7.65. The summed E-state index contributed by atoms with van der Waals surface area (Å²) in [6.07, 6.45) is 5.28. The van der Waals surface area contributed by atoms with Crippen molar-refractivity contribution in [3.8, 4) is 0 Å². The third-order valence-corrected chi connectivity index (χ3v) is 8.14. The lowest BCUT2D eigenvalue weighted by molar-refractivity contribution is -0.138. The topological polar surface area (TPSA) is 103 Å². The average molecular weight is 582 g/mol. The molecule has 222 valence electrons. The molecule has 2 aromatic carbocycles. The van der Waals surface area contributed by atoms with Gasteiger partial charge in [-0.2, -0.15) is 5.10 Å². The van der Waals surface area contributed by atoms with Crippen LogP contribution in [0.25, 0.3) is 0 Å². The monoisotopic (exact) mass is 581 g/mol. The third kappa shape index (κ3) is 9.08. The molecule has 0 aliphatic rings. The van der Waals surface area contributed by atoms with Crippen molar-refractivity contribution in [1.82, 2.24) is 14.3 Å². The van der Waals surface area contributed by atoms with Crippen LogP contribution in [-0.4, -0.2) is 36.1 Å². The Morgan fingerprint density at radius 1 is 0.927 bits per heavy atom. The largest absolute Gasteiger partial charge is 0.480 e. The van der Waals surface area contributed by atoms with Gasteiger partial charge in [0.15, 0.2) is 12.4 Å². The van der Waals surface area contributed by atoms with Gasteiger partial charge in [-0.15, -0.1) is 11.8 Å². The first-order chi connectivity index (χ1) is 19.3. The molecule has 0 spiro atoms. The quantitative estimate of drug-likeness (QED) is 0.129. The van der Waals surface area contributed by atoms with Crippen LogP contribution in [0.4, 0.5) is 0 Å². The number of carbonyl (C=O) groups excluding carboxylic acids is 1. The van der Waals surface area contributed by atoms with Crippen molar-refractivity contribution in [1.29, 1.82) is 0 Å². The summed E-state index contributed by atoms with van der Waals surface area (Å²) in [5.74, 6) is -1.03. The van der Waals surface area contributed by atoms with Gasteiger partial charge in [-0.1, -0.05) is 77.6 Å². The fraction of sp³-hybridized carbons (Fsp3) is 0.500. The van der Waals surface area contributed by atoms with E-state index in [4.69, 9.17) is 4.74 Å². The normalized spacial score (nSPS) is 12.0. The molecular weight excluding hydrogens is 538 g/mol. The molecule has 1 heterocycles. The van der Waals surface area contributed by atoms with Crippen molar-refractivity contribution in [2.24, 2.45) is 0 Å². The third-order valence-electron chi connectivity index (χ3n) is 6.95. The van der Waals surface area contributed by atoms with Crippen LogP contribution in [0.15, 0.2) is 58.2 Å². The SMILES string of the molecule is CCCCCCCn1c(COC(=O)c2ccc(SC(C)(C)C(=O)O)cc2)nn(Cc2ccc(C(C)(C)C)cc2)c1=O. The minimum Gasteiger partial charge on any atom is -0.480 e. The minimum absolute atomic E-state index is 0.0417. The number of carbonyl (C=O) groups is 2. The fourth-order valence-corrected chi connectivity index (χ4v) is 5.24. The number of ether oxygens (including phenoxy) is 1. The van der Waals surface area contributed by atoms with Gasteiger partial charge in [-0.3, -0.25) is 9.36 Å². The number of carboxylic acid groups (broad SMARTS) is 1. The molecule has 1 N–H and O–H groups in total. The second-order valence-corrected chi connectivity index (χ2v) is 13.6. The first kappa shape index (κ1) is 32.2. The maximum Gasteiger partial charge on any atom is 0.346 e. The maximum absolute atomic E-state index is 13.3. The van der Waals surface area contributed by atoms with E-state index < -0.39 is 16.7 Å². The molecular formula is C32H43N3O5S. The number of aliphatic carboxylic acids is 1. The molecule has 1 aromatic heterocycles. The molecule has 0 aliphatic carbocycles. The number of hydrogen-bond acceptors (Lipinski definition) is 6. The standard InChI is InChI=1S/C32H43N3O5S/c1-7-8-9-10-11-20-34-27(33-35(30(34)39)21-23-12-16-25(17-13-23)31(2,3)4)22-40-28(36)24-14-18-26(19-15-24)41-32(5,6)29(37)38/h12-19H,7-11,20-22H2,1-6H3,(H,37,38). The van der Waals surface area contributed by atoms with E-state index in [1.165, 1.54) is 22.0 Å². The van der Waals surface area contributed by atoms with Crippen LogP contribution < -0.4 is 5.69 Å². The summed E-state index contributed by atoms with van der Waals surface area (Å²) in [4.78, 5) is 38.3. The average Bonchev–Trinajstić information content (AvgIpc) is 3.20. The minimum atomic E-state index is -0.990. The van der Waals surface area contributed by atoms with Gasteiger partial charge >= 0.3 is 17.6 Å². The molecule has 0 unspecified atom stereocenters. The van der Waals surface area contributed by atoms with Crippen molar-refractivity contribution in [3.63, 3.8) is 0 Å². The number of hydrogen-bond donors (Lipinski definition) is 1. The fourth-order valence-electron chi connectivity index (χ4n) is 4.29. The Morgan fingerprint density at radius 3 is 2.15 bits per heavy atom. The molecule has 0 bridgehead atoms. The molecule has 3 rings (SSSR count). The number of carboxylic acids is 1. The van der Waals surface area contributed by atoms with Crippen molar-refractivity contribution < 1.29 is 19.4 Å². The van der Waals surface area contributed by atoms with Crippen LogP contribution in [0, 0.1) is 0 Å². The van der Waals surface area contributed by atoms with E-state index in [0.29, 0.717) is 24.5 Å². The number of nitrogens with zero attached hydrogens (tertiary/aromatic N) is 3. The lowest BCUT2D eigenvalue weighted by atomic mass is 9.87. The second-order valence-electron chi connectivity index (χ2n) is 11.9. The Hall–Kier alpha value is -3.33. The number of unbranched alkanes of at least 4 members (excludes halogenated alkanes) is 4. The zero-order chi connectivity index (χ0) is 30.2. The molecule has 0 amide bonds. The van der Waals surface area contributed by atoms with Crippen molar-refractivity contribution in [3.05, 3.63) is 81.5 Å². The lowest BCUT2D eigenvalue weighted by Crippen LogP contribution is -2.26. The molecule has 0 atom stereocenters. The van der Waals surface area contributed by atoms with Gasteiger partial charge in [0.25, 0.3) is 0 Å². The molecule has 0 aliphatic heterocycles. The van der Waals surface area contributed by atoms with E-state index in [2.05, 4.69) is 44.9 Å². The van der Waals surface area contributed by atoms with E-state index in [1.54, 1.807) is 42.7 Å². The van der Waals surface area contributed by atoms with Gasteiger partial charge in [0.05, 0.1) is 12.1 Å². The molecule has 0 fully saturated rings. The van der Waals surface area contributed by atoms with E-state index in [0.717, 1.165) is 42.6 Å². The van der Waals surface area contributed by atoms with Gasteiger partial charge in [-0.05, 0) is 61.1 Å². The van der Waals surface area contributed by atoms with Crippen LogP contribution in [0.5, 0.6) is 0 Å².